The van der Waals surface area contributed by atoms with Crippen LogP contribution in [0.15, 0.2) is 52.3 Å². The van der Waals surface area contributed by atoms with Crippen LogP contribution in [0, 0.1) is 6.92 Å². The summed E-state index contributed by atoms with van der Waals surface area (Å²) in [5.74, 6) is -1.61. The highest BCUT2D eigenvalue weighted by molar-refractivity contribution is 7.89. The van der Waals surface area contributed by atoms with E-state index in [0.29, 0.717) is 25.3 Å². The first-order valence-corrected chi connectivity index (χ1v) is 12.6. The molecule has 0 aliphatic heterocycles. The summed E-state index contributed by atoms with van der Waals surface area (Å²) >= 11 is 0. The van der Waals surface area contributed by atoms with Gasteiger partial charge < -0.3 is 14.6 Å². The van der Waals surface area contributed by atoms with Crippen LogP contribution >= 0.6 is 0 Å². The van der Waals surface area contributed by atoms with Crippen molar-refractivity contribution in [3.63, 3.8) is 0 Å². The maximum Gasteiger partial charge on any atom is 0.344 e. The SMILES string of the molecule is CCN(CC)S(=O)(=O)c1cccc(NC(=O)COC(=O)c2cn(CC)c3nc(C)ccc3c2=O)c1. The number of sulfonamides is 1. The number of fused-ring (bicyclic) bond motifs is 1. The number of nitrogens with zero attached hydrogens (tertiary/aromatic N) is 3. The monoisotopic (exact) mass is 500 g/mol. The molecule has 186 valence electrons. The van der Waals surface area contributed by atoms with Gasteiger partial charge in [-0.3, -0.25) is 9.59 Å². The Balaban J connectivity index is 1.74. The van der Waals surface area contributed by atoms with Crippen LogP contribution < -0.4 is 10.7 Å². The molecule has 3 aromatic rings. The summed E-state index contributed by atoms with van der Waals surface area (Å²) in [6.45, 7) is 7.59. The smallest absolute Gasteiger partial charge is 0.344 e. The number of amides is 1. The number of ether oxygens (including phenoxy) is 1. The molecule has 0 aliphatic rings. The van der Waals surface area contributed by atoms with Crippen LogP contribution in [-0.2, 0) is 26.1 Å². The van der Waals surface area contributed by atoms with E-state index in [9.17, 15) is 22.8 Å². The van der Waals surface area contributed by atoms with Crippen molar-refractivity contribution in [2.24, 2.45) is 0 Å². The van der Waals surface area contributed by atoms with E-state index in [1.54, 1.807) is 37.5 Å². The number of carbonyl (C=O) groups is 2. The molecule has 0 radical (unpaired) electrons. The molecule has 35 heavy (non-hydrogen) atoms. The number of aryl methyl sites for hydroxylation is 2. The number of aromatic nitrogens is 2. The Hall–Kier alpha value is -3.57. The quantitative estimate of drug-likeness (QED) is 0.447. The Morgan fingerprint density at radius 2 is 1.83 bits per heavy atom. The van der Waals surface area contributed by atoms with Gasteiger partial charge in [0.15, 0.2) is 6.61 Å². The summed E-state index contributed by atoms with van der Waals surface area (Å²) < 4.78 is 33.5. The highest BCUT2D eigenvalue weighted by atomic mass is 32.2. The first-order valence-electron chi connectivity index (χ1n) is 11.2. The van der Waals surface area contributed by atoms with Crippen LogP contribution in [0.4, 0.5) is 5.69 Å². The van der Waals surface area contributed by atoms with Crippen LogP contribution in [0.2, 0.25) is 0 Å². The van der Waals surface area contributed by atoms with Crippen LogP contribution in [0.25, 0.3) is 11.0 Å². The minimum Gasteiger partial charge on any atom is -0.452 e. The number of esters is 1. The van der Waals surface area contributed by atoms with Crippen LogP contribution in [0.5, 0.6) is 0 Å². The van der Waals surface area contributed by atoms with Gasteiger partial charge in [0, 0.05) is 37.2 Å². The molecule has 1 amide bonds. The third-order valence-electron chi connectivity index (χ3n) is 5.42. The molecule has 0 bridgehead atoms. The molecule has 1 aromatic carbocycles. The minimum atomic E-state index is -3.70. The third kappa shape index (κ3) is 5.57. The zero-order valence-electron chi connectivity index (χ0n) is 20.1. The molecule has 0 spiro atoms. The van der Waals surface area contributed by atoms with Gasteiger partial charge in [0.05, 0.1) is 10.3 Å². The van der Waals surface area contributed by atoms with Gasteiger partial charge >= 0.3 is 5.97 Å². The average Bonchev–Trinajstić information content (AvgIpc) is 2.83. The van der Waals surface area contributed by atoms with E-state index in [1.807, 2.05) is 6.92 Å². The molecule has 0 saturated carbocycles. The lowest BCUT2D eigenvalue weighted by molar-refractivity contribution is -0.119. The highest BCUT2D eigenvalue weighted by Gasteiger charge is 2.22. The van der Waals surface area contributed by atoms with Gasteiger partial charge in [0.2, 0.25) is 15.5 Å². The van der Waals surface area contributed by atoms with Crippen LogP contribution in [0.1, 0.15) is 36.8 Å². The molecule has 0 fully saturated rings. The Bertz CT molecular complexity index is 1430. The maximum absolute atomic E-state index is 12.8. The molecular weight excluding hydrogens is 472 g/mol. The third-order valence-corrected chi connectivity index (χ3v) is 7.46. The fourth-order valence-electron chi connectivity index (χ4n) is 3.60. The fraction of sp³-hybridized carbons (Fsp3) is 0.333. The Morgan fingerprint density at radius 1 is 1.11 bits per heavy atom. The summed E-state index contributed by atoms with van der Waals surface area (Å²) in [6, 6.07) is 9.11. The lowest BCUT2D eigenvalue weighted by atomic mass is 10.2. The van der Waals surface area contributed by atoms with Crippen LogP contribution in [0.3, 0.4) is 0 Å². The van der Waals surface area contributed by atoms with Crippen molar-refractivity contribution in [1.29, 1.82) is 0 Å². The predicted octanol–water partition coefficient (Wildman–Crippen LogP) is 2.55. The zero-order valence-corrected chi connectivity index (χ0v) is 20.9. The Morgan fingerprint density at radius 3 is 2.49 bits per heavy atom. The van der Waals surface area contributed by atoms with Gasteiger partial charge in [-0.15, -0.1) is 0 Å². The molecule has 0 unspecified atom stereocenters. The lowest BCUT2D eigenvalue weighted by Crippen LogP contribution is -2.30. The maximum atomic E-state index is 12.8. The predicted molar refractivity (Wildman–Crippen MR) is 132 cm³/mol. The topological polar surface area (TPSA) is 128 Å². The van der Waals surface area contributed by atoms with Crippen molar-refractivity contribution in [3.8, 4) is 0 Å². The number of rotatable bonds is 9. The number of benzene rings is 1. The van der Waals surface area contributed by atoms with Crippen molar-refractivity contribution in [3.05, 3.63) is 64.1 Å². The lowest BCUT2D eigenvalue weighted by Gasteiger charge is -2.18. The van der Waals surface area contributed by atoms with Crippen molar-refractivity contribution in [2.45, 2.75) is 39.1 Å². The summed E-state index contributed by atoms with van der Waals surface area (Å²) in [4.78, 5) is 42.2. The second-order valence-corrected chi connectivity index (χ2v) is 9.66. The second kappa shape index (κ2) is 10.8. The van der Waals surface area contributed by atoms with Gasteiger partial charge in [-0.1, -0.05) is 19.9 Å². The van der Waals surface area contributed by atoms with Crippen molar-refractivity contribution in [1.82, 2.24) is 13.9 Å². The number of carbonyl (C=O) groups excluding carboxylic acids is 2. The Labute approximate surface area is 203 Å². The van der Waals surface area contributed by atoms with Crippen LogP contribution in [-0.4, -0.2) is 53.8 Å². The van der Waals surface area contributed by atoms with Crippen molar-refractivity contribution >= 4 is 38.6 Å². The van der Waals surface area contributed by atoms with Gasteiger partial charge in [-0.2, -0.15) is 4.31 Å². The van der Waals surface area contributed by atoms with E-state index >= 15 is 0 Å². The molecule has 2 aromatic heterocycles. The summed E-state index contributed by atoms with van der Waals surface area (Å²) in [7, 11) is -3.70. The molecule has 1 N–H and O–H groups in total. The molecule has 3 rings (SSSR count). The fourth-order valence-corrected chi connectivity index (χ4v) is 5.10. The molecule has 0 aliphatic carbocycles. The molecule has 0 atom stereocenters. The van der Waals surface area contributed by atoms with Gasteiger partial charge in [-0.05, 0) is 44.2 Å². The summed E-state index contributed by atoms with van der Waals surface area (Å²) in [5.41, 5.74) is 0.702. The standard InChI is InChI=1S/C24H28N4O6S/c1-5-27-14-20(22(30)19-12-11-16(4)25-23(19)27)24(31)34-15-21(29)26-17-9-8-10-18(13-17)35(32,33)28(6-2)7-3/h8-14H,5-7,15H2,1-4H3,(H,26,29). The largest absolute Gasteiger partial charge is 0.452 e. The molecule has 11 heteroatoms. The summed E-state index contributed by atoms with van der Waals surface area (Å²) in [6.07, 6.45) is 1.37. The second-order valence-electron chi connectivity index (χ2n) is 7.72. The van der Waals surface area contributed by atoms with E-state index < -0.39 is 33.9 Å². The molecular formula is C24H28N4O6S. The zero-order chi connectivity index (χ0) is 25.8. The van der Waals surface area contributed by atoms with Crippen molar-refractivity contribution < 1.29 is 22.7 Å². The van der Waals surface area contributed by atoms with E-state index in [0.717, 1.165) is 5.69 Å². The number of nitrogens with one attached hydrogen (secondary N) is 1. The highest BCUT2D eigenvalue weighted by Crippen LogP contribution is 2.19. The summed E-state index contributed by atoms with van der Waals surface area (Å²) in [5, 5.41) is 2.80. The normalized spacial score (nSPS) is 11.6. The molecule has 10 nitrogen and oxygen atoms in total. The number of hydrogen-bond donors (Lipinski definition) is 1. The van der Waals surface area contributed by atoms with Gasteiger partial charge in [-0.25, -0.2) is 18.2 Å². The van der Waals surface area contributed by atoms with Gasteiger partial charge in [0.25, 0.3) is 5.91 Å². The Kier molecular flexibility index (Phi) is 8.03. The molecule has 0 saturated heterocycles. The van der Waals surface area contributed by atoms with E-state index in [1.165, 1.54) is 34.8 Å². The van der Waals surface area contributed by atoms with Crippen molar-refractivity contribution in [2.75, 3.05) is 25.0 Å². The first kappa shape index (κ1) is 26.0. The number of hydrogen-bond acceptors (Lipinski definition) is 7. The van der Waals surface area contributed by atoms with E-state index in [2.05, 4.69) is 10.3 Å². The number of pyridine rings is 2. The average molecular weight is 501 g/mol. The van der Waals surface area contributed by atoms with E-state index in [4.69, 9.17) is 4.74 Å². The minimum absolute atomic E-state index is 0.0381. The molecule has 2 heterocycles. The first-order chi connectivity index (χ1) is 16.6. The van der Waals surface area contributed by atoms with E-state index in [-0.39, 0.29) is 21.5 Å². The number of anilines is 1. The van der Waals surface area contributed by atoms with Gasteiger partial charge in [0.1, 0.15) is 11.2 Å².